The Morgan fingerprint density at radius 2 is 1.83 bits per heavy atom. The zero-order chi connectivity index (χ0) is 21.5. The van der Waals surface area contributed by atoms with Gasteiger partial charge in [0.15, 0.2) is 11.0 Å². The predicted molar refractivity (Wildman–Crippen MR) is 121 cm³/mol. The number of hydrogen-bond acceptors (Lipinski definition) is 5. The number of aromatic nitrogens is 3. The molecule has 0 atom stereocenters. The number of carbonyl (C=O) groups excluding carboxylic acids is 1. The molecular weight excluding hydrogens is 396 g/mol. The summed E-state index contributed by atoms with van der Waals surface area (Å²) in [5, 5.41) is 12.1. The fraction of sp³-hybridized carbons (Fsp3) is 0.261. The van der Waals surface area contributed by atoms with Gasteiger partial charge in [-0.25, -0.2) is 0 Å². The van der Waals surface area contributed by atoms with Crippen LogP contribution in [0.25, 0.3) is 0 Å². The van der Waals surface area contributed by atoms with Crippen LogP contribution in [0.5, 0.6) is 5.75 Å². The highest BCUT2D eigenvalue weighted by Gasteiger charge is 2.15. The van der Waals surface area contributed by atoms with Crippen LogP contribution in [0.3, 0.4) is 0 Å². The standard InChI is InChI=1S/C23H26N4O2S/c1-5-13-27-20(14-29-19-11-9-16(2)10-12-19)25-26-23(27)30-15-21(28)24-22-17(3)7-6-8-18(22)4/h5-12H,1,13-15H2,2-4H3,(H,24,28). The Labute approximate surface area is 181 Å². The fourth-order valence-corrected chi connectivity index (χ4v) is 3.71. The number of rotatable bonds is 9. The number of benzene rings is 2. The second-order valence-corrected chi connectivity index (χ2v) is 7.95. The number of anilines is 1. The monoisotopic (exact) mass is 422 g/mol. The van der Waals surface area contributed by atoms with Crippen LogP contribution < -0.4 is 10.1 Å². The van der Waals surface area contributed by atoms with E-state index in [-0.39, 0.29) is 11.7 Å². The van der Waals surface area contributed by atoms with Gasteiger partial charge in [-0.3, -0.25) is 9.36 Å². The van der Waals surface area contributed by atoms with Crippen LogP contribution in [0, 0.1) is 20.8 Å². The van der Waals surface area contributed by atoms with Gasteiger partial charge in [0, 0.05) is 12.2 Å². The Hall–Kier alpha value is -3.06. The second-order valence-electron chi connectivity index (χ2n) is 7.00. The molecule has 0 bridgehead atoms. The van der Waals surface area contributed by atoms with E-state index in [1.54, 1.807) is 6.08 Å². The first kappa shape index (κ1) is 21.6. The molecule has 30 heavy (non-hydrogen) atoms. The van der Waals surface area contributed by atoms with Crippen molar-refractivity contribution in [1.82, 2.24) is 14.8 Å². The number of thioether (sulfide) groups is 1. The van der Waals surface area contributed by atoms with Crippen molar-refractivity contribution >= 4 is 23.4 Å². The van der Waals surface area contributed by atoms with E-state index < -0.39 is 0 Å². The lowest BCUT2D eigenvalue weighted by Crippen LogP contribution is -2.16. The van der Waals surface area contributed by atoms with Crippen molar-refractivity contribution in [2.24, 2.45) is 0 Å². The van der Waals surface area contributed by atoms with E-state index in [9.17, 15) is 4.79 Å². The van der Waals surface area contributed by atoms with Crippen LogP contribution in [0.2, 0.25) is 0 Å². The maximum Gasteiger partial charge on any atom is 0.234 e. The van der Waals surface area contributed by atoms with Crippen molar-refractivity contribution in [3.63, 3.8) is 0 Å². The van der Waals surface area contributed by atoms with Crippen LogP contribution >= 0.6 is 11.8 Å². The largest absolute Gasteiger partial charge is 0.486 e. The number of nitrogens with zero attached hydrogens (tertiary/aromatic N) is 3. The minimum absolute atomic E-state index is 0.0805. The van der Waals surface area contributed by atoms with Gasteiger partial charge >= 0.3 is 0 Å². The van der Waals surface area contributed by atoms with E-state index in [1.807, 2.05) is 67.8 Å². The van der Waals surface area contributed by atoms with Gasteiger partial charge in [0.1, 0.15) is 12.4 Å². The van der Waals surface area contributed by atoms with Crippen LogP contribution in [0.4, 0.5) is 5.69 Å². The van der Waals surface area contributed by atoms with E-state index >= 15 is 0 Å². The zero-order valence-corrected chi connectivity index (χ0v) is 18.3. The molecule has 0 unspecified atom stereocenters. The van der Waals surface area contributed by atoms with Crippen molar-refractivity contribution in [2.45, 2.75) is 39.1 Å². The summed E-state index contributed by atoms with van der Waals surface area (Å²) in [7, 11) is 0. The van der Waals surface area contributed by atoms with E-state index in [4.69, 9.17) is 4.74 Å². The molecule has 3 rings (SSSR count). The molecule has 0 saturated carbocycles. The molecule has 156 valence electrons. The number of allylic oxidation sites excluding steroid dienone is 1. The first-order valence-corrected chi connectivity index (χ1v) is 10.7. The lowest BCUT2D eigenvalue weighted by atomic mass is 10.1. The summed E-state index contributed by atoms with van der Waals surface area (Å²) in [6, 6.07) is 13.8. The van der Waals surface area contributed by atoms with Crippen LogP contribution in [0.15, 0.2) is 60.3 Å². The molecule has 6 nitrogen and oxygen atoms in total. The van der Waals surface area contributed by atoms with E-state index in [2.05, 4.69) is 22.1 Å². The molecular formula is C23H26N4O2S. The van der Waals surface area contributed by atoms with Crippen molar-refractivity contribution < 1.29 is 9.53 Å². The molecule has 0 aliphatic rings. The molecule has 0 radical (unpaired) electrons. The van der Waals surface area contributed by atoms with Gasteiger partial charge < -0.3 is 10.1 Å². The van der Waals surface area contributed by atoms with Gasteiger partial charge in [-0.15, -0.1) is 16.8 Å². The van der Waals surface area contributed by atoms with Gasteiger partial charge in [-0.05, 0) is 44.0 Å². The third kappa shape index (κ3) is 5.51. The third-order valence-corrected chi connectivity index (χ3v) is 5.54. The van der Waals surface area contributed by atoms with Gasteiger partial charge in [0.2, 0.25) is 5.91 Å². The van der Waals surface area contributed by atoms with Crippen molar-refractivity contribution in [3.8, 4) is 5.75 Å². The average molecular weight is 423 g/mol. The van der Waals surface area contributed by atoms with Crippen LogP contribution in [-0.2, 0) is 17.9 Å². The number of carbonyl (C=O) groups is 1. The highest BCUT2D eigenvalue weighted by atomic mass is 32.2. The summed E-state index contributed by atoms with van der Waals surface area (Å²) in [5.41, 5.74) is 4.12. The van der Waals surface area contributed by atoms with Crippen molar-refractivity contribution in [3.05, 3.63) is 77.6 Å². The average Bonchev–Trinajstić information content (AvgIpc) is 3.11. The summed E-state index contributed by atoms with van der Waals surface area (Å²) < 4.78 is 7.75. The molecule has 3 aromatic rings. The molecule has 1 heterocycles. The molecule has 0 spiro atoms. The van der Waals surface area contributed by atoms with Gasteiger partial charge in [0.25, 0.3) is 0 Å². The van der Waals surface area contributed by atoms with Crippen LogP contribution in [0.1, 0.15) is 22.5 Å². The number of amides is 1. The van der Waals surface area contributed by atoms with Gasteiger partial charge in [0.05, 0.1) is 5.75 Å². The minimum Gasteiger partial charge on any atom is -0.486 e. The molecule has 7 heteroatoms. The van der Waals surface area contributed by atoms with Gasteiger partial charge in [-0.1, -0.05) is 53.7 Å². The lowest BCUT2D eigenvalue weighted by molar-refractivity contribution is -0.113. The summed E-state index contributed by atoms with van der Waals surface area (Å²) in [6.07, 6.45) is 1.78. The fourth-order valence-electron chi connectivity index (χ4n) is 2.94. The molecule has 1 amide bonds. The molecule has 0 fully saturated rings. The van der Waals surface area contributed by atoms with Crippen LogP contribution in [-0.4, -0.2) is 26.4 Å². The molecule has 0 aliphatic carbocycles. The molecule has 1 N–H and O–H groups in total. The van der Waals surface area contributed by atoms with Crippen molar-refractivity contribution in [2.75, 3.05) is 11.1 Å². The number of nitrogens with one attached hydrogen (secondary N) is 1. The quantitative estimate of drug-likeness (QED) is 0.400. The summed E-state index contributed by atoms with van der Waals surface area (Å²) in [6.45, 7) is 10.6. The smallest absolute Gasteiger partial charge is 0.234 e. The molecule has 2 aromatic carbocycles. The molecule has 0 saturated heterocycles. The topological polar surface area (TPSA) is 69.0 Å². The second kappa shape index (κ2) is 10.1. The first-order chi connectivity index (χ1) is 14.5. The Morgan fingerprint density at radius 3 is 2.50 bits per heavy atom. The predicted octanol–water partition coefficient (Wildman–Crippen LogP) is 4.70. The Morgan fingerprint density at radius 1 is 1.13 bits per heavy atom. The van der Waals surface area contributed by atoms with Crippen molar-refractivity contribution in [1.29, 1.82) is 0 Å². The first-order valence-electron chi connectivity index (χ1n) is 9.69. The summed E-state index contributed by atoms with van der Waals surface area (Å²) in [5.74, 6) is 1.62. The number of hydrogen-bond donors (Lipinski definition) is 1. The van der Waals surface area contributed by atoms with E-state index in [1.165, 1.54) is 17.3 Å². The molecule has 1 aromatic heterocycles. The summed E-state index contributed by atoms with van der Waals surface area (Å²) in [4.78, 5) is 12.5. The normalized spacial score (nSPS) is 10.6. The van der Waals surface area contributed by atoms with E-state index in [0.29, 0.717) is 24.1 Å². The van der Waals surface area contributed by atoms with E-state index in [0.717, 1.165) is 22.6 Å². The number of ether oxygens (including phenoxy) is 1. The maximum atomic E-state index is 12.5. The third-order valence-electron chi connectivity index (χ3n) is 4.57. The Kier molecular flexibility index (Phi) is 7.30. The zero-order valence-electron chi connectivity index (χ0n) is 17.5. The minimum atomic E-state index is -0.0805. The lowest BCUT2D eigenvalue weighted by Gasteiger charge is -2.12. The highest BCUT2D eigenvalue weighted by molar-refractivity contribution is 7.99. The highest BCUT2D eigenvalue weighted by Crippen LogP contribution is 2.22. The number of para-hydroxylation sites is 1. The Balaban J connectivity index is 1.63. The molecule has 0 aliphatic heterocycles. The Bertz CT molecular complexity index is 1010. The maximum absolute atomic E-state index is 12.5. The SMILES string of the molecule is C=CCn1c(COc2ccc(C)cc2)nnc1SCC(=O)Nc1c(C)cccc1C. The number of aryl methyl sites for hydroxylation is 3. The summed E-state index contributed by atoms with van der Waals surface area (Å²) >= 11 is 1.34. The van der Waals surface area contributed by atoms with Gasteiger partial charge in [-0.2, -0.15) is 0 Å².